The molecule has 108 valence electrons. The largest absolute Gasteiger partial charge is 0.324 e. The average Bonchev–Trinajstić information content (AvgIpc) is 2.45. The van der Waals surface area contributed by atoms with Crippen molar-refractivity contribution in [2.45, 2.75) is 39.8 Å². The van der Waals surface area contributed by atoms with E-state index in [4.69, 9.17) is 5.26 Å². The molecular weight excluding hydrogens is 250 g/mol. The normalized spacial score (nSPS) is 13.9. The molecule has 4 nitrogen and oxygen atoms in total. The smallest absolute Gasteiger partial charge is 0.241 e. The minimum absolute atomic E-state index is 0.0947. The van der Waals surface area contributed by atoms with Gasteiger partial charge in [-0.3, -0.25) is 9.69 Å². The maximum Gasteiger partial charge on any atom is 0.241 e. The van der Waals surface area contributed by atoms with Crippen LogP contribution in [0, 0.1) is 17.2 Å². The molecule has 2 unspecified atom stereocenters. The number of hydrogen-bond donors (Lipinski definition) is 1. The summed E-state index contributed by atoms with van der Waals surface area (Å²) in [6, 6.07) is 9.17. The van der Waals surface area contributed by atoms with E-state index in [0.717, 1.165) is 0 Å². The van der Waals surface area contributed by atoms with Crippen LogP contribution in [0.15, 0.2) is 24.3 Å². The van der Waals surface area contributed by atoms with E-state index >= 15 is 0 Å². The van der Waals surface area contributed by atoms with Crippen molar-refractivity contribution >= 4 is 11.6 Å². The molecule has 1 aromatic rings. The van der Waals surface area contributed by atoms with Crippen LogP contribution in [-0.2, 0) is 4.79 Å². The van der Waals surface area contributed by atoms with E-state index in [1.165, 1.54) is 0 Å². The van der Waals surface area contributed by atoms with E-state index in [-0.39, 0.29) is 11.9 Å². The Balaban J connectivity index is 2.78. The molecule has 1 rings (SSSR count). The van der Waals surface area contributed by atoms with Crippen LogP contribution in [0.4, 0.5) is 5.69 Å². The second kappa shape index (κ2) is 7.06. The molecule has 1 amide bonds. The zero-order valence-corrected chi connectivity index (χ0v) is 12.8. The lowest BCUT2D eigenvalue weighted by Gasteiger charge is -2.32. The fraction of sp³-hybridized carbons (Fsp3) is 0.500. The Morgan fingerprint density at radius 1 is 1.25 bits per heavy atom. The molecular formula is C16H23N3O. The van der Waals surface area contributed by atoms with Crippen LogP contribution in [0.3, 0.4) is 0 Å². The minimum Gasteiger partial charge on any atom is -0.324 e. The van der Waals surface area contributed by atoms with Crippen molar-refractivity contribution in [3.8, 4) is 6.07 Å². The van der Waals surface area contributed by atoms with E-state index in [9.17, 15) is 4.79 Å². The van der Waals surface area contributed by atoms with Crippen molar-refractivity contribution in [3.05, 3.63) is 29.8 Å². The predicted octanol–water partition coefficient (Wildman–Crippen LogP) is 2.86. The summed E-state index contributed by atoms with van der Waals surface area (Å²) in [5.41, 5.74) is 1.05. The van der Waals surface area contributed by atoms with E-state index in [2.05, 4.69) is 37.1 Å². The molecule has 4 heteroatoms. The second-order valence-corrected chi connectivity index (χ2v) is 5.47. The summed E-state index contributed by atoms with van der Waals surface area (Å²) in [7, 11) is 1.95. The zero-order valence-electron chi connectivity index (χ0n) is 12.8. The fourth-order valence-electron chi connectivity index (χ4n) is 1.93. The van der Waals surface area contributed by atoms with E-state index < -0.39 is 0 Å². The van der Waals surface area contributed by atoms with Crippen molar-refractivity contribution < 1.29 is 4.79 Å². The predicted molar refractivity (Wildman–Crippen MR) is 81.3 cm³/mol. The summed E-state index contributed by atoms with van der Waals surface area (Å²) in [4.78, 5) is 14.3. The lowest BCUT2D eigenvalue weighted by Crippen LogP contribution is -2.46. The number of rotatable bonds is 5. The van der Waals surface area contributed by atoms with E-state index in [1.54, 1.807) is 18.2 Å². The molecule has 0 bridgehead atoms. The van der Waals surface area contributed by atoms with Crippen LogP contribution in [0.25, 0.3) is 0 Å². The number of hydrogen-bond acceptors (Lipinski definition) is 3. The van der Waals surface area contributed by atoms with Crippen LogP contribution in [0.1, 0.15) is 33.3 Å². The lowest BCUT2D eigenvalue weighted by molar-refractivity contribution is -0.121. The van der Waals surface area contributed by atoms with Gasteiger partial charge in [0.1, 0.15) is 6.07 Å². The van der Waals surface area contributed by atoms with Crippen LogP contribution in [0.5, 0.6) is 0 Å². The molecule has 0 fully saturated rings. The van der Waals surface area contributed by atoms with Crippen molar-refractivity contribution in [3.63, 3.8) is 0 Å². The Morgan fingerprint density at radius 3 is 2.40 bits per heavy atom. The molecule has 2 atom stereocenters. The number of anilines is 1. The zero-order chi connectivity index (χ0) is 15.3. The number of benzene rings is 1. The molecule has 1 aromatic carbocycles. The van der Waals surface area contributed by atoms with Crippen LogP contribution in [-0.4, -0.2) is 29.9 Å². The van der Waals surface area contributed by atoms with Gasteiger partial charge in [-0.2, -0.15) is 5.26 Å². The monoisotopic (exact) mass is 273 g/mol. The van der Waals surface area contributed by atoms with Gasteiger partial charge in [-0.1, -0.05) is 26.0 Å². The van der Waals surface area contributed by atoms with Gasteiger partial charge < -0.3 is 5.32 Å². The van der Waals surface area contributed by atoms with Gasteiger partial charge in [0.25, 0.3) is 0 Å². The Bertz CT molecular complexity index is 505. The molecule has 0 spiro atoms. The first-order chi connectivity index (χ1) is 9.38. The Morgan fingerprint density at radius 2 is 1.85 bits per heavy atom. The Hall–Kier alpha value is -1.86. The van der Waals surface area contributed by atoms with Crippen LogP contribution in [0.2, 0.25) is 0 Å². The molecule has 0 aliphatic carbocycles. The highest BCUT2D eigenvalue weighted by Crippen LogP contribution is 2.16. The van der Waals surface area contributed by atoms with Crippen LogP contribution >= 0.6 is 0 Å². The van der Waals surface area contributed by atoms with Crippen molar-refractivity contribution in [2.75, 3.05) is 12.4 Å². The van der Waals surface area contributed by atoms with Gasteiger partial charge >= 0.3 is 0 Å². The number of para-hydroxylation sites is 1. The molecule has 0 heterocycles. The summed E-state index contributed by atoms with van der Waals surface area (Å²) >= 11 is 0. The molecule has 0 saturated heterocycles. The van der Waals surface area contributed by atoms with Gasteiger partial charge in [0, 0.05) is 6.04 Å². The first-order valence-electron chi connectivity index (χ1n) is 6.90. The van der Waals surface area contributed by atoms with Crippen molar-refractivity contribution in [1.82, 2.24) is 4.90 Å². The number of carbonyl (C=O) groups excluding carboxylic acids is 1. The topological polar surface area (TPSA) is 56.1 Å². The highest BCUT2D eigenvalue weighted by molar-refractivity contribution is 5.95. The maximum absolute atomic E-state index is 12.3. The van der Waals surface area contributed by atoms with Gasteiger partial charge in [0.15, 0.2) is 0 Å². The van der Waals surface area contributed by atoms with Crippen molar-refractivity contribution in [1.29, 1.82) is 5.26 Å². The lowest BCUT2D eigenvalue weighted by atomic mass is 10.0. The summed E-state index contributed by atoms with van der Waals surface area (Å²) in [5, 5.41) is 11.9. The summed E-state index contributed by atoms with van der Waals surface area (Å²) in [5.74, 6) is 0.379. The van der Waals surface area contributed by atoms with Gasteiger partial charge in [-0.05, 0) is 38.9 Å². The van der Waals surface area contributed by atoms with Crippen LogP contribution < -0.4 is 5.32 Å². The summed E-state index contributed by atoms with van der Waals surface area (Å²) in [6.45, 7) is 8.26. The summed E-state index contributed by atoms with van der Waals surface area (Å²) in [6.07, 6.45) is 0. The molecule has 20 heavy (non-hydrogen) atoms. The fourth-order valence-corrected chi connectivity index (χ4v) is 1.93. The SMILES string of the molecule is CC(C)C(C)N(C)C(C)C(=O)Nc1ccccc1C#N. The average molecular weight is 273 g/mol. The van der Waals surface area contributed by atoms with Gasteiger partial charge in [0.2, 0.25) is 5.91 Å². The van der Waals surface area contributed by atoms with Crippen molar-refractivity contribution in [2.24, 2.45) is 5.92 Å². The molecule has 1 N–H and O–H groups in total. The first-order valence-corrected chi connectivity index (χ1v) is 6.90. The van der Waals surface area contributed by atoms with Gasteiger partial charge in [0.05, 0.1) is 17.3 Å². The Labute approximate surface area is 121 Å². The van der Waals surface area contributed by atoms with E-state index in [1.807, 2.05) is 20.0 Å². The molecule has 0 saturated carbocycles. The number of likely N-dealkylation sites (N-methyl/N-ethyl adjacent to an activating group) is 1. The minimum atomic E-state index is -0.251. The molecule has 0 aliphatic rings. The molecule has 0 aromatic heterocycles. The second-order valence-electron chi connectivity index (χ2n) is 5.47. The maximum atomic E-state index is 12.3. The number of nitrogens with zero attached hydrogens (tertiary/aromatic N) is 2. The molecule has 0 radical (unpaired) electrons. The third-order valence-electron chi connectivity index (χ3n) is 3.90. The third kappa shape index (κ3) is 3.82. The summed E-state index contributed by atoms with van der Waals surface area (Å²) < 4.78 is 0. The highest BCUT2D eigenvalue weighted by atomic mass is 16.2. The van der Waals surface area contributed by atoms with E-state index in [0.29, 0.717) is 23.2 Å². The quantitative estimate of drug-likeness (QED) is 0.897. The molecule has 0 aliphatic heterocycles. The first kappa shape index (κ1) is 16.2. The number of amides is 1. The standard InChI is InChI=1S/C16H23N3O/c1-11(2)12(3)19(5)13(4)16(20)18-15-9-7-6-8-14(15)10-17/h6-9,11-13H,1-5H3,(H,18,20). The number of carbonyl (C=O) groups is 1. The van der Waals surface area contributed by atoms with Gasteiger partial charge in [-0.15, -0.1) is 0 Å². The number of nitrogens with one attached hydrogen (secondary N) is 1. The van der Waals surface area contributed by atoms with Gasteiger partial charge in [-0.25, -0.2) is 0 Å². The Kier molecular flexibility index (Phi) is 5.72. The number of nitriles is 1. The highest BCUT2D eigenvalue weighted by Gasteiger charge is 2.24. The third-order valence-corrected chi connectivity index (χ3v) is 3.90.